The van der Waals surface area contributed by atoms with Gasteiger partial charge in [0.25, 0.3) is 0 Å². The van der Waals surface area contributed by atoms with E-state index in [4.69, 9.17) is 4.42 Å². The molecule has 0 unspecified atom stereocenters. The number of nitrogens with one attached hydrogen (secondary N) is 1. The summed E-state index contributed by atoms with van der Waals surface area (Å²) in [6.07, 6.45) is 1.61. The molecule has 1 amide bonds. The van der Waals surface area contributed by atoms with Gasteiger partial charge in [-0.05, 0) is 37.3 Å². The number of benzene rings is 2. The van der Waals surface area contributed by atoms with Gasteiger partial charge in [-0.25, -0.2) is 4.39 Å². The molecule has 4 aromatic rings. The van der Waals surface area contributed by atoms with E-state index in [1.54, 1.807) is 18.4 Å². The number of carbonyl (C=O) groups excluding carboxylic acids is 1. The van der Waals surface area contributed by atoms with E-state index in [0.717, 1.165) is 16.9 Å². The summed E-state index contributed by atoms with van der Waals surface area (Å²) in [6, 6.07) is 17.7. The van der Waals surface area contributed by atoms with Crippen molar-refractivity contribution in [3.63, 3.8) is 0 Å². The molecule has 30 heavy (non-hydrogen) atoms. The Hall–Kier alpha value is -3.39. The van der Waals surface area contributed by atoms with Gasteiger partial charge in [0, 0.05) is 5.56 Å². The van der Waals surface area contributed by atoms with E-state index < -0.39 is 5.82 Å². The lowest BCUT2D eigenvalue weighted by molar-refractivity contribution is -0.113. The molecule has 1 N–H and O–H groups in total. The van der Waals surface area contributed by atoms with E-state index in [1.165, 1.54) is 23.9 Å². The number of aromatic nitrogens is 3. The van der Waals surface area contributed by atoms with E-state index in [9.17, 15) is 9.18 Å². The molecule has 0 radical (unpaired) electrons. The highest BCUT2D eigenvalue weighted by Crippen LogP contribution is 2.26. The number of rotatable bonds is 7. The number of thioether (sulfide) groups is 1. The van der Waals surface area contributed by atoms with Crippen molar-refractivity contribution in [2.24, 2.45) is 0 Å². The normalized spacial score (nSPS) is 10.9. The van der Waals surface area contributed by atoms with Crippen LogP contribution in [0.5, 0.6) is 0 Å². The van der Waals surface area contributed by atoms with Crippen LogP contribution in [0.3, 0.4) is 0 Å². The summed E-state index contributed by atoms with van der Waals surface area (Å²) in [5.41, 5.74) is 2.19. The maximum atomic E-state index is 13.8. The van der Waals surface area contributed by atoms with Crippen LogP contribution in [0.2, 0.25) is 0 Å². The molecule has 0 spiro atoms. The van der Waals surface area contributed by atoms with Crippen LogP contribution in [-0.4, -0.2) is 26.4 Å². The number of carbonyl (C=O) groups is 1. The second-order valence-corrected chi connectivity index (χ2v) is 7.60. The molecule has 0 atom stereocenters. The van der Waals surface area contributed by atoms with E-state index in [1.807, 2.05) is 47.9 Å². The highest BCUT2D eigenvalue weighted by molar-refractivity contribution is 7.99. The molecule has 0 aliphatic rings. The summed E-state index contributed by atoms with van der Waals surface area (Å²) in [5.74, 6) is 0.708. The fourth-order valence-electron chi connectivity index (χ4n) is 2.97. The quantitative estimate of drug-likeness (QED) is 0.435. The van der Waals surface area contributed by atoms with Gasteiger partial charge in [-0.2, -0.15) is 0 Å². The van der Waals surface area contributed by atoms with Crippen molar-refractivity contribution in [2.75, 3.05) is 11.1 Å². The molecule has 0 aliphatic heterocycles. The third-order valence-corrected chi connectivity index (χ3v) is 5.33. The maximum absolute atomic E-state index is 13.8. The van der Waals surface area contributed by atoms with Gasteiger partial charge >= 0.3 is 0 Å². The van der Waals surface area contributed by atoms with Gasteiger partial charge in [-0.1, -0.05) is 47.7 Å². The van der Waals surface area contributed by atoms with Crippen LogP contribution in [0.4, 0.5) is 10.1 Å². The maximum Gasteiger partial charge on any atom is 0.234 e. The zero-order chi connectivity index (χ0) is 20.9. The highest BCUT2D eigenvalue weighted by Gasteiger charge is 2.17. The van der Waals surface area contributed by atoms with Crippen molar-refractivity contribution in [3.8, 4) is 11.4 Å². The van der Waals surface area contributed by atoms with Gasteiger partial charge in [0.05, 0.1) is 24.2 Å². The third-order valence-electron chi connectivity index (χ3n) is 4.37. The van der Waals surface area contributed by atoms with Crippen LogP contribution >= 0.6 is 11.8 Å². The molecular formula is C22H19FN4O2S. The van der Waals surface area contributed by atoms with Crippen LogP contribution in [0.15, 0.2) is 76.5 Å². The smallest absolute Gasteiger partial charge is 0.234 e. The SMILES string of the molecule is Cc1cccc(-c2nnc(SCC(=O)Nc3ccccc3F)n2Cc2ccco2)c1. The molecule has 8 heteroatoms. The van der Waals surface area contributed by atoms with E-state index in [0.29, 0.717) is 17.5 Å². The molecule has 0 bridgehead atoms. The van der Waals surface area contributed by atoms with Crippen molar-refractivity contribution in [2.45, 2.75) is 18.6 Å². The van der Waals surface area contributed by atoms with Crippen molar-refractivity contribution in [1.29, 1.82) is 0 Å². The van der Waals surface area contributed by atoms with E-state index >= 15 is 0 Å². The zero-order valence-corrected chi connectivity index (χ0v) is 17.0. The summed E-state index contributed by atoms with van der Waals surface area (Å²) >= 11 is 1.24. The average molecular weight is 422 g/mol. The second-order valence-electron chi connectivity index (χ2n) is 6.66. The van der Waals surface area contributed by atoms with E-state index in [2.05, 4.69) is 15.5 Å². The van der Waals surface area contributed by atoms with Gasteiger partial charge < -0.3 is 9.73 Å². The Labute approximate surface area is 177 Å². The fraction of sp³-hybridized carbons (Fsp3) is 0.136. The molecule has 2 heterocycles. The molecule has 2 aromatic heterocycles. The lowest BCUT2D eigenvalue weighted by atomic mass is 10.1. The van der Waals surface area contributed by atoms with Crippen LogP contribution < -0.4 is 5.32 Å². The molecule has 2 aromatic carbocycles. The van der Waals surface area contributed by atoms with Gasteiger partial charge in [0.15, 0.2) is 11.0 Å². The lowest BCUT2D eigenvalue weighted by Crippen LogP contribution is -2.15. The first-order valence-corrected chi connectivity index (χ1v) is 10.3. The Bertz CT molecular complexity index is 1160. The summed E-state index contributed by atoms with van der Waals surface area (Å²) in [4.78, 5) is 12.3. The number of furan rings is 1. The van der Waals surface area contributed by atoms with Crippen LogP contribution in [0, 0.1) is 12.7 Å². The summed E-state index contributed by atoms with van der Waals surface area (Å²) in [5, 5.41) is 11.8. The monoisotopic (exact) mass is 422 g/mol. The standard InChI is InChI=1S/C22H19FN4O2S/c1-15-6-4-7-16(12-15)21-25-26-22(27(21)13-17-8-5-11-29-17)30-14-20(28)24-19-10-3-2-9-18(19)23/h2-12H,13-14H2,1H3,(H,24,28). The number of amides is 1. The number of anilines is 1. The highest BCUT2D eigenvalue weighted by atomic mass is 32.2. The minimum absolute atomic E-state index is 0.0679. The first-order valence-electron chi connectivity index (χ1n) is 9.30. The van der Waals surface area contributed by atoms with Gasteiger partial charge in [0.1, 0.15) is 11.6 Å². The molecule has 4 rings (SSSR count). The van der Waals surface area contributed by atoms with Crippen molar-refractivity contribution < 1.29 is 13.6 Å². The number of aryl methyl sites for hydroxylation is 1. The Morgan fingerprint density at radius 2 is 2.00 bits per heavy atom. The van der Waals surface area contributed by atoms with Gasteiger partial charge in [-0.3, -0.25) is 9.36 Å². The molecule has 0 saturated carbocycles. The summed E-state index contributed by atoms with van der Waals surface area (Å²) in [6.45, 7) is 2.44. The summed E-state index contributed by atoms with van der Waals surface area (Å²) in [7, 11) is 0. The largest absolute Gasteiger partial charge is 0.467 e. The Kier molecular flexibility index (Phi) is 5.94. The minimum atomic E-state index is -0.474. The number of nitrogens with zero attached hydrogens (tertiary/aromatic N) is 3. The third kappa shape index (κ3) is 4.60. The molecular weight excluding hydrogens is 403 g/mol. The van der Waals surface area contributed by atoms with Crippen LogP contribution in [-0.2, 0) is 11.3 Å². The van der Waals surface area contributed by atoms with Crippen molar-refractivity contribution >= 4 is 23.4 Å². The minimum Gasteiger partial charge on any atom is -0.467 e. The predicted molar refractivity (Wildman–Crippen MR) is 114 cm³/mol. The lowest BCUT2D eigenvalue weighted by Gasteiger charge is -2.10. The van der Waals surface area contributed by atoms with Crippen molar-refractivity contribution in [1.82, 2.24) is 14.8 Å². The predicted octanol–water partition coefficient (Wildman–Crippen LogP) is 4.76. The van der Waals surface area contributed by atoms with Crippen LogP contribution in [0.1, 0.15) is 11.3 Å². The second kappa shape index (κ2) is 8.96. The number of halogens is 1. The van der Waals surface area contributed by atoms with Gasteiger partial charge in [0.2, 0.25) is 5.91 Å². The molecule has 6 nitrogen and oxygen atoms in total. The number of para-hydroxylation sites is 1. The van der Waals surface area contributed by atoms with Crippen LogP contribution in [0.25, 0.3) is 11.4 Å². The fourth-order valence-corrected chi connectivity index (χ4v) is 3.71. The topological polar surface area (TPSA) is 73.0 Å². The first kappa shape index (κ1) is 19.9. The van der Waals surface area contributed by atoms with E-state index in [-0.39, 0.29) is 17.3 Å². The van der Waals surface area contributed by atoms with Crippen molar-refractivity contribution in [3.05, 3.63) is 84.1 Å². The Balaban J connectivity index is 1.55. The Morgan fingerprint density at radius 1 is 1.13 bits per heavy atom. The molecule has 152 valence electrons. The Morgan fingerprint density at radius 3 is 2.77 bits per heavy atom. The molecule has 0 saturated heterocycles. The molecule has 0 fully saturated rings. The average Bonchev–Trinajstić information content (AvgIpc) is 3.39. The zero-order valence-electron chi connectivity index (χ0n) is 16.2. The summed E-state index contributed by atoms with van der Waals surface area (Å²) < 4.78 is 21.2. The number of hydrogen-bond donors (Lipinski definition) is 1. The number of hydrogen-bond acceptors (Lipinski definition) is 5. The first-order chi connectivity index (χ1) is 14.6. The van der Waals surface area contributed by atoms with Gasteiger partial charge in [-0.15, -0.1) is 10.2 Å². The molecule has 0 aliphatic carbocycles.